The van der Waals surface area contributed by atoms with Crippen molar-refractivity contribution in [3.63, 3.8) is 0 Å². The summed E-state index contributed by atoms with van der Waals surface area (Å²) in [5, 5.41) is 2.70. The Bertz CT molecular complexity index is 1150. The first-order valence-electron chi connectivity index (χ1n) is 8.18. The number of aryl methyl sites for hydroxylation is 2. The fourth-order valence-corrected chi connectivity index (χ4v) is 2.65. The van der Waals surface area contributed by atoms with Crippen molar-refractivity contribution in [2.45, 2.75) is 6.92 Å². The van der Waals surface area contributed by atoms with Crippen LogP contribution in [0.2, 0.25) is 0 Å². The zero-order chi connectivity index (χ0) is 19.0. The lowest BCUT2D eigenvalue weighted by molar-refractivity contribution is 0.102. The summed E-state index contributed by atoms with van der Waals surface area (Å²) in [6, 6.07) is 7.53. The number of rotatable bonds is 3. The molecule has 27 heavy (non-hydrogen) atoms. The van der Waals surface area contributed by atoms with Crippen molar-refractivity contribution in [2.24, 2.45) is 7.05 Å². The van der Waals surface area contributed by atoms with E-state index in [1.54, 1.807) is 41.5 Å². The van der Waals surface area contributed by atoms with Gasteiger partial charge in [-0.15, -0.1) is 0 Å². The number of fused-ring (bicyclic) bond motifs is 1. The lowest BCUT2D eigenvalue weighted by Gasteiger charge is -2.08. The summed E-state index contributed by atoms with van der Waals surface area (Å²) < 4.78 is 15.9. The number of anilines is 1. The molecule has 4 aromatic rings. The largest absolute Gasteiger partial charge is 0.321 e. The summed E-state index contributed by atoms with van der Waals surface area (Å²) in [5.74, 6) is -0.673. The van der Waals surface area contributed by atoms with Gasteiger partial charge in [-0.05, 0) is 37.3 Å². The Morgan fingerprint density at radius 1 is 1.11 bits per heavy atom. The standard InChI is InChI=1S/C19H15FN6O/c1-11-3-4-15(8-21-11)24-19(27)13-5-12(6-14(20)7-13)17-22-9-16-18(25-17)26(2)10-23-16/h3-10H,1-2H3,(H,24,27). The highest BCUT2D eigenvalue weighted by atomic mass is 19.1. The Balaban J connectivity index is 1.68. The van der Waals surface area contributed by atoms with Gasteiger partial charge in [-0.1, -0.05) is 0 Å². The molecule has 3 heterocycles. The quantitative estimate of drug-likeness (QED) is 0.605. The highest BCUT2D eigenvalue weighted by Crippen LogP contribution is 2.21. The molecule has 0 aliphatic heterocycles. The second-order valence-corrected chi connectivity index (χ2v) is 6.13. The Morgan fingerprint density at radius 3 is 2.74 bits per heavy atom. The van der Waals surface area contributed by atoms with Gasteiger partial charge in [0.25, 0.3) is 5.91 Å². The molecule has 4 rings (SSSR count). The third-order valence-electron chi connectivity index (χ3n) is 4.04. The molecule has 0 atom stereocenters. The Labute approximate surface area is 153 Å². The average molecular weight is 362 g/mol. The highest BCUT2D eigenvalue weighted by molar-refractivity contribution is 6.04. The minimum absolute atomic E-state index is 0.166. The fraction of sp³-hybridized carbons (Fsp3) is 0.105. The maximum absolute atomic E-state index is 14.1. The molecule has 0 saturated carbocycles. The zero-order valence-corrected chi connectivity index (χ0v) is 14.6. The minimum atomic E-state index is -0.548. The summed E-state index contributed by atoms with van der Waals surface area (Å²) in [6.07, 6.45) is 4.75. The lowest BCUT2D eigenvalue weighted by atomic mass is 10.1. The molecule has 0 spiro atoms. The van der Waals surface area contributed by atoms with Crippen LogP contribution in [0.5, 0.6) is 0 Å². The van der Waals surface area contributed by atoms with Crippen molar-refractivity contribution in [3.05, 3.63) is 66.1 Å². The molecule has 0 radical (unpaired) electrons. The number of nitrogens with zero attached hydrogens (tertiary/aromatic N) is 5. The summed E-state index contributed by atoms with van der Waals surface area (Å²) in [7, 11) is 1.81. The van der Waals surface area contributed by atoms with E-state index in [0.717, 1.165) is 5.69 Å². The molecule has 0 unspecified atom stereocenters. The predicted octanol–water partition coefficient (Wildman–Crippen LogP) is 3.13. The van der Waals surface area contributed by atoms with Gasteiger partial charge in [0.2, 0.25) is 0 Å². The number of amides is 1. The summed E-state index contributed by atoms with van der Waals surface area (Å²) >= 11 is 0. The SMILES string of the molecule is Cc1ccc(NC(=O)c2cc(F)cc(-c3ncc4ncn(C)c4n3)c2)cn1. The number of carbonyl (C=O) groups is 1. The van der Waals surface area contributed by atoms with Crippen molar-refractivity contribution in [3.8, 4) is 11.4 Å². The average Bonchev–Trinajstić information content (AvgIpc) is 3.03. The molecule has 8 heteroatoms. The van der Waals surface area contributed by atoms with Gasteiger partial charge in [0.15, 0.2) is 11.5 Å². The molecule has 1 N–H and O–H groups in total. The molecule has 3 aromatic heterocycles. The molecular weight excluding hydrogens is 347 g/mol. The van der Waals surface area contributed by atoms with Crippen LogP contribution >= 0.6 is 0 Å². The van der Waals surface area contributed by atoms with E-state index in [4.69, 9.17) is 0 Å². The van der Waals surface area contributed by atoms with Gasteiger partial charge in [0, 0.05) is 23.9 Å². The van der Waals surface area contributed by atoms with Crippen LogP contribution in [0.4, 0.5) is 10.1 Å². The van der Waals surface area contributed by atoms with E-state index in [1.807, 2.05) is 14.0 Å². The Hall–Kier alpha value is -3.68. The molecule has 1 aromatic carbocycles. The van der Waals surface area contributed by atoms with Crippen LogP contribution in [0.15, 0.2) is 49.1 Å². The minimum Gasteiger partial charge on any atom is -0.321 e. The van der Waals surface area contributed by atoms with E-state index >= 15 is 0 Å². The molecule has 0 aliphatic rings. The van der Waals surface area contributed by atoms with Gasteiger partial charge in [0.05, 0.1) is 24.4 Å². The summed E-state index contributed by atoms with van der Waals surface area (Å²) in [4.78, 5) is 29.4. The summed E-state index contributed by atoms with van der Waals surface area (Å²) in [6.45, 7) is 1.85. The van der Waals surface area contributed by atoms with Gasteiger partial charge in [-0.25, -0.2) is 19.3 Å². The van der Waals surface area contributed by atoms with Gasteiger partial charge in [-0.3, -0.25) is 9.78 Å². The topological polar surface area (TPSA) is 85.6 Å². The molecular formula is C19H15FN6O. The number of nitrogens with one attached hydrogen (secondary N) is 1. The van der Waals surface area contributed by atoms with Gasteiger partial charge in [-0.2, -0.15) is 0 Å². The third kappa shape index (κ3) is 3.37. The number of hydrogen-bond donors (Lipinski definition) is 1. The third-order valence-corrected chi connectivity index (χ3v) is 4.04. The van der Waals surface area contributed by atoms with Gasteiger partial charge in [0.1, 0.15) is 11.3 Å². The lowest BCUT2D eigenvalue weighted by Crippen LogP contribution is -2.12. The molecule has 1 amide bonds. The molecule has 0 aliphatic carbocycles. The van der Waals surface area contributed by atoms with E-state index in [-0.39, 0.29) is 5.56 Å². The highest BCUT2D eigenvalue weighted by Gasteiger charge is 2.13. The Morgan fingerprint density at radius 2 is 1.96 bits per heavy atom. The Kier molecular flexibility index (Phi) is 4.08. The van der Waals surface area contributed by atoms with Crippen LogP contribution in [-0.2, 0) is 7.05 Å². The number of benzene rings is 1. The molecule has 0 bridgehead atoms. The number of carbonyl (C=O) groups excluding carboxylic acids is 1. The van der Waals surface area contributed by atoms with E-state index in [9.17, 15) is 9.18 Å². The van der Waals surface area contributed by atoms with Crippen LogP contribution < -0.4 is 5.32 Å². The van der Waals surface area contributed by atoms with E-state index < -0.39 is 11.7 Å². The van der Waals surface area contributed by atoms with Gasteiger partial charge >= 0.3 is 0 Å². The van der Waals surface area contributed by atoms with E-state index in [1.165, 1.54) is 12.1 Å². The molecule has 7 nitrogen and oxygen atoms in total. The first-order valence-corrected chi connectivity index (χ1v) is 8.18. The van der Waals surface area contributed by atoms with Crippen LogP contribution in [0.3, 0.4) is 0 Å². The predicted molar refractivity (Wildman–Crippen MR) is 98.6 cm³/mol. The van der Waals surface area contributed by atoms with Crippen LogP contribution in [0, 0.1) is 12.7 Å². The summed E-state index contributed by atoms with van der Waals surface area (Å²) in [5.41, 5.74) is 3.21. The van der Waals surface area contributed by atoms with Gasteiger partial charge < -0.3 is 9.88 Å². The maximum Gasteiger partial charge on any atom is 0.255 e. The molecule has 134 valence electrons. The van der Waals surface area contributed by atoms with Crippen molar-refractivity contribution in [1.29, 1.82) is 0 Å². The van der Waals surface area contributed by atoms with Crippen molar-refractivity contribution in [2.75, 3.05) is 5.32 Å². The second-order valence-electron chi connectivity index (χ2n) is 6.13. The number of imidazole rings is 1. The number of hydrogen-bond acceptors (Lipinski definition) is 5. The van der Waals surface area contributed by atoms with E-state index in [2.05, 4.69) is 25.3 Å². The first kappa shape index (κ1) is 16.8. The van der Waals surface area contributed by atoms with Crippen LogP contribution in [0.1, 0.15) is 16.1 Å². The van der Waals surface area contributed by atoms with Crippen molar-refractivity contribution >= 4 is 22.8 Å². The van der Waals surface area contributed by atoms with Crippen LogP contribution in [0.25, 0.3) is 22.6 Å². The maximum atomic E-state index is 14.1. The monoisotopic (exact) mass is 362 g/mol. The van der Waals surface area contributed by atoms with E-state index in [0.29, 0.717) is 28.2 Å². The molecule has 0 saturated heterocycles. The number of pyridine rings is 1. The smallest absolute Gasteiger partial charge is 0.255 e. The number of aromatic nitrogens is 5. The number of halogens is 1. The second kappa shape index (κ2) is 6.56. The van der Waals surface area contributed by atoms with Crippen molar-refractivity contribution in [1.82, 2.24) is 24.5 Å². The fourth-order valence-electron chi connectivity index (χ4n) is 2.65. The van der Waals surface area contributed by atoms with Crippen LogP contribution in [-0.4, -0.2) is 30.4 Å². The van der Waals surface area contributed by atoms with Crippen molar-refractivity contribution < 1.29 is 9.18 Å². The zero-order valence-electron chi connectivity index (χ0n) is 14.6. The normalized spacial score (nSPS) is 10.9. The first-order chi connectivity index (χ1) is 13.0. The molecule has 0 fully saturated rings.